The molecule has 0 aliphatic carbocycles. The minimum Gasteiger partial charge on any atom is -0.508 e. The molecule has 1 aliphatic heterocycles. The topological polar surface area (TPSA) is 70.3 Å². The largest absolute Gasteiger partial charge is 0.508 e. The molecule has 1 aromatic heterocycles. The average molecular weight is 377 g/mol. The van der Waals surface area contributed by atoms with Crippen LogP contribution in [-0.2, 0) is 5.41 Å². The smallest absolute Gasteiger partial charge is 0.150 e. The van der Waals surface area contributed by atoms with Crippen molar-refractivity contribution in [2.45, 2.75) is 53.1 Å². The molecule has 3 aromatic rings. The summed E-state index contributed by atoms with van der Waals surface area (Å²) in [4.78, 5) is 0. The van der Waals surface area contributed by atoms with E-state index >= 15 is 0 Å². The number of phenols is 2. The van der Waals surface area contributed by atoms with Gasteiger partial charge in [-0.1, -0.05) is 32.4 Å². The number of anilines is 1. The number of phenolic OH excluding ortho intramolecular Hbond substituents is 2. The first-order valence-corrected chi connectivity index (χ1v) is 9.57. The molecule has 0 bridgehead atoms. The maximum atomic E-state index is 10.7. The van der Waals surface area contributed by atoms with Gasteiger partial charge in [0.25, 0.3) is 0 Å². The van der Waals surface area contributed by atoms with Crippen LogP contribution >= 0.6 is 0 Å². The summed E-state index contributed by atoms with van der Waals surface area (Å²) in [6.07, 6.45) is -0.362. The molecule has 3 N–H and O–H groups in total. The molecule has 0 saturated heterocycles. The lowest BCUT2D eigenvalue weighted by molar-refractivity contribution is 0.421. The predicted molar refractivity (Wildman–Crippen MR) is 112 cm³/mol. The van der Waals surface area contributed by atoms with E-state index in [9.17, 15) is 10.2 Å². The first-order valence-electron chi connectivity index (χ1n) is 9.57. The lowest BCUT2D eigenvalue weighted by Gasteiger charge is -2.32. The van der Waals surface area contributed by atoms with E-state index in [1.165, 1.54) is 11.6 Å². The van der Waals surface area contributed by atoms with Gasteiger partial charge in [0, 0.05) is 22.9 Å². The van der Waals surface area contributed by atoms with E-state index in [2.05, 4.69) is 37.4 Å². The van der Waals surface area contributed by atoms with Crippen molar-refractivity contribution in [3.05, 3.63) is 58.3 Å². The van der Waals surface area contributed by atoms with Gasteiger partial charge in [0.15, 0.2) is 6.17 Å². The molecule has 1 atom stereocenters. The van der Waals surface area contributed by atoms with Gasteiger partial charge in [0.2, 0.25) is 0 Å². The van der Waals surface area contributed by atoms with Gasteiger partial charge in [-0.2, -0.15) is 5.10 Å². The quantitative estimate of drug-likeness (QED) is 0.548. The Morgan fingerprint density at radius 3 is 2.36 bits per heavy atom. The molecule has 0 amide bonds. The number of aromatic nitrogens is 2. The Bertz CT molecular complexity index is 1090. The Morgan fingerprint density at radius 2 is 1.68 bits per heavy atom. The molecule has 0 radical (unpaired) electrons. The first-order chi connectivity index (χ1) is 13.1. The Kier molecular flexibility index (Phi) is 3.96. The average Bonchev–Trinajstić information content (AvgIpc) is 2.95. The van der Waals surface area contributed by atoms with E-state index in [0.717, 1.165) is 33.8 Å². The van der Waals surface area contributed by atoms with Crippen molar-refractivity contribution >= 4 is 5.69 Å². The normalized spacial score (nSPS) is 15.7. The Balaban J connectivity index is 1.95. The summed E-state index contributed by atoms with van der Waals surface area (Å²) in [6.45, 7) is 12.3. The summed E-state index contributed by atoms with van der Waals surface area (Å²) in [5, 5.41) is 29.3. The molecule has 5 nitrogen and oxygen atoms in total. The number of hydrogen-bond acceptors (Lipinski definition) is 4. The summed E-state index contributed by atoms with van der Waals surface area (Å²) in [7, 11) is 0. The number of fused-ring (bicyclic) bond motifs is 3. The second kappa shape index (κ2) is 6.03. The maximum Gasteiger partial charge on any atom is 0.150 e. The third kappa shape index (κ3) is 2.82. The lowest BCUT2D eigenvalue weighted by Crippen LogP contribution is -2.27. The third-order valence-corrected chi connectivity index (χ3v) is 5.39. The second-order valence-corrected chi connectivity index (χ2v) is 8.84. The van der Waals surface area contributed by atoms with Crippen molar-refractivity contribution in [1.29, 1.82) is 0 Å². The molecule has 1 aliphatic rings. The first kappa shape index (κ1) is 18.4. The zero-order valence-corrected chi connectivity index (χ0v) is 17.3. The van der Waals surface area contributed by atoms with Crippen molar-refractivity contribution in [3.8, 4) is 22.8 Å². The molecule has 4 rings (SSSR count). The van der Waals surface area contributed by atoms with Crippen LogP contribution in [0.25, 0.3) is 11.3 Å². The number of rotatable bonds is 1. The van der Waals surface area contributed by atoms with Gasteiger partial charge in [-0.25, -0.2) is 4.68 Å². The number of nitrogens with zero attached hydrogens (tertiary/aromatic N) is 2. The van der Waals surface area contributed by atoms with Gasteiger partial charge in [-0.3, -0.25) is 0 Å². The molecule has 2 heterocycles. The lowest BCUT2D eigenvalue weighted by atomic mass is 9.84. The summed E-state index contributed by atoms with van der Waals surface area (Å²) in [6, 6.07) is 9.71. The molecule has 5 heteroatoms. The third-order valence-electron chi connectivity index (χ3n) is 5.39. The van der Waals surface area contributed by atoms with Crippen LogP contribution in [0.2, 0.25) is 0 Å². The number of aryl methyl sites for hydroxylation is 3. The zero-order chi connectivity index (χ0) is 20.4. The Hall–Kier alpha value is -2.95. The van der Waals surface area contributed by atoms with Gasteiger partial charge in [0.05, 0.1) is 11.4 Å². The highest BCUT2D eigenvalue weighted by Gasteiger charge is 2.31. The van der Waals surface area contributed by atoms with E-state index in [0.29, 0.717) is 5.56 Å². The van der Waals surface area contributed by atoms with Crippen LogP contribution < -0.4 is 5.32 Å². The molecule has 0 fully saturated rings. The maximum absolute atomic E-state index is 10.7. The van der Waals surface area contributed by atoms with E-state index < -0.39 is 0 Å². The molecule has 28 heavy (non-hydrogen) atoms. The van der Waals surface area contributed by atoms with Crippen LogP contribution in [0.5, 0.6) is 11.5 Å². The van der Waals surface area contributed by atoms with Crippen molar-refractivity contribution in [3.63, 3.8) is 0 Å². The molecule has 0 spiro atoms. The molecular weight excluding hydrogens is 350 g/mol. The van der Waals surface area contributed by atoms with Gasteiger partial charge < -0.3 is 15.5 Å². The standard InChI is InChI=1S/C23H27N3O2/c1-12-7-13(2)21-15(8-12)18-9-14(3)25-26(18)22(24-21)16-10-17(23(4,5)6)20(28)11-19(16)27/h7-11,22,24,27-28H,1-6H3. The van der Waals surface area contributed by atoms with Crippen molar-refractivity contribution in [2.24, 2.45) is 0 Å². The molecule has 0 saturated carbocycles. The minimum atomic E-state index is -0.362. The molecule has 2 aromatic carbocycles. The number of benzene rings is 2. The van der Waals surface area contributed by atoms with Crippen LogP contribution in [0.3, 0.4) is 0 Å². The highest BCUT2D eigenvalue weighted by molar-refractivity contribution is 5.82. The fourth-order valence-corrected chi connectivity index (χ4v) is 4.10. The SMILES string of the molecule is Cc1cc(C)c2c(c1)-c1cc(C)nn1C(c1cc(C(C)(C)C)c(O)cc1O)N2. The number of aromatic hydroxyl groups is 2. The summed E-state index contributed by atoms with van der Waals surface area (Å²) >= 11 is 0. The Morgan fingerprint density at radius 1 is 0.964 bits per heavy atom. The molecule has 1 unspecified atom stereocenters. The predicted octanol–water partition coefficient (Wildman–Crippen LogP) is 5.16. The number of nitrogens with one attached hydrogen (secondary N) is 1. The van der Waals surface area contributed by atoms with Crippen LogP contribution in [-0.4, -0.2) is 20.0 Å². The van der Waals surface area contributed by atoms with E-state index in [-0.39, 0.29) is 23.1 Å². The summed E-state index contributed by atoms with van der Waals surface area (Å²) in [5.74, 6) is 0.156. The summed E-state index contributed by atoms with van der Waals surface area (Å²) < 4.78 is 1.93. The van der Waals surface area contributed by atoms with Crippen LogP contribution in [0, 0.1) is 20.8 Å². The number of hydrogen-bond donors (Lipinski definition) is 3. The highest BCUT2D eigenvalue weighted by Crippen LogP contribution is 2.44. The van der Waals surface area contributed by atoms with Gasteiger partial charge in [0.1, 0.15) is 11.5 Å². The van der Waals surface area contributed by atoms with E-state index in [1.807, 2.05) is 38.4 Å². The fourth-order valence-electron chi connectivity index (χ4n) is 4.10. The molecule has 146 valence electrons. The van der Waals surface area contributed by atoms with Crippen LogP contribution in [0.4, 0.5) is 5.69 Å². The fraction of sp³-hybridized carbons (Fsp3) is 0.348. The monoisotopic (exact) mass is 377 g/mol. The van der Waals surface area contributed by atoms with E-state index in [4.69, 9.17) is 5.10 Å². The van der Waals surface area contributed by atoms with Crippen molar-refractivity contribution < 1.29 is 10.2 Å². The second-order valence-electron chi connectivity index (χ2n) is 8.84. The highest BCUT2D eigenvalue weighted by atomic mass is 16.3. The van der Waals surface area contributed by atoms with Crippen LogP contribution in [0.1, 0.15) is 54.9 Å². The zero-order valence-electron chi connectivity index (χ0n) is 17.3. The Labute approximate surface area is 165 Å². The van der Waals surface area contributed by atoms with Crippen molar-refractivity contribution in [2.75, 3.05) is 5.32 Å². The van der Waals surface area contributed by atoms with Gasteiger partial charge >= 0.3 is 0 Å². The van der Waals surface area contributed by atoms with Crippen LogP contribution in [0.15, 0.2) is 30.3 Å². The molecular formula is C23H27N3O2. The summed E-state index contributed by atoms with van der Waals surface area (Å²) in [5.41, 5.74) is 7.68. The van der Waals surface area contributed by atoms with Gasteiger partial charge in [-0.15, -0.1) is 0 Å². The van der Waals surface area contributed by atoms with Crippen molar-refractivity contribution in [1.82, 2.24) is 9.78 Å². The minimum absolute atomic E-state index is 0.0512. The van der Waals surface area contributed by atoms with Gasteiger partial charge in [-0.05, 0) is 55.5 Å². The van der Waals surface area contributed by atoms with E-state index in [1.54, 1.807) is 0 Å².